The predicted octanol–water partition coefficient (Wildman–Crippen LogP) is 3.92. The monoisotopic (exact) mass is 530 g/mol. The van der Waals surface area contributed by atoms with Gasteiger partial charge >= 0.3 is 6.18 Å². The normalized spacial score (nSPS) is 21.6. The average molecular weight is 531 g/mol. The van der Waals surface area contributed by atoms with E-state index >= 15 is 0 Å². The van der Waals surface area contributed by atoms with Crippen molar-refractivity contribution in [2.24, 2.45) is 0 Å². The van der Waals surface area contributed by atoms with E-state index in [2.05, 4.69) is 30.7 Å². The minimum Gasteiger partial charge on any atom is -0.379 e. The number of pyridine rings is 1. The lowest BCUT2D eigenvalue weighted by atomic mass is 10.0. The molecule has 1 aliphatic carbocycles. The molecule has 0 saturated heterocycles. The summed E-state index contributed by atoms with van der Waals surface area (Å²) in [6, 6.07) is 2.07. The first-order chi connectivity index (χ1) is 18.1. The van der Waals surface area contributed by atoms with E-state index in [-0.39, 0.29) is 24.0 Å². The number of anilines is 3. The molecule has 202 valence electrons. The highest BCUT2D eigenvalue weighted by Crippen LogP contribution is 2.51. The molecule has 5 rings (SSSR count). The van der Waals surface area contributed by atoms with Crippen LogP contribution in [0, 0.1) is 6.92 Å². The summed E-state index contributed by atoms with van der Waals surface area (Å²) in [7, 11) is 3.41. The highest BCUT2D eigenvalue weighted by atomic mass is 19.4. The first kappa shape index (κ1) is 25.9. The molecule has 1 saturated carbocycles. The van der Waals surface area contributed by atoms with E-state index < -0.39 is 17.9 Å². The fraction of sp³-hybridized carbons (Fsp3) is 0.480. The van der Waals surface area contributed by atoms with Gasteiger partial charge in [-0.05, 0) is 31.4 Å². The first-order valence-electron chi connectivity index (χ1n) is 12.4. The van der Waals surface area contributed by atoms with E-state index in [4.69, 9.17) is 4.74 Å². The fourth-order valence-corrected chi connectivity index (χ4v) is 4.94. The summed E-state index contributed by atoms with van der Waals surface area (Å²) in [6.45, 7) is 4.20. The molecule has 3 aromatic rings. The Hall–Kier alpha value is -3.74. The number of hydrogen-bond donors (Lipinski definition) is 2. The zero-order valence-electron chi connectivity index (χ0n) is 21.5. The van der Waals surface area contributed by atoms with Gasteiger partial charge in [0.1, 0.15) is 17.4 Å². The van der Waals surface area contributed by atoms with Gasteiger partial charge in [0.05, 0.1) is 24.0 Å². The zero-order valence-corrected chi connectivity index (χ0v) is 21.5. The molecule has 0 bridgehead atoms. The Morgan fingerprint density at radius 3 is 2.71 bits per heavy atom. The Balaban J connectivity index is 1.24. The molecule has 0 aromatic carbocycles. The molecule has 4 atom stereocenters. The molecule has 0 radical (unpaired) electrons. The number of carbonyl (C=O) groups is 1. The standard InChI is InChI=1S/C25H29F3N8O2/c1-5-18(38-4)21-23(37)33-20-13(2)32-24(34-22(20)35(21)3)30-9-14-10-31-36(12-14)17-8-16(17)15-6-7-19(29-11-15)25(26,27)28/h6-7,10-12,16-18,21H,5,8-9H2,1-4H3,(H,33,37)(H,30,32,34)/t16-,17+,18?,21?/m0/s1. The van der Waals surface area contributed by atoms with Crippen LogP contribution in [0.4, 0.5) is 30.6 Å². The van der Waals surface area contributed by atoms with Gasteiger partial charge in [0.15, 0.2) is 5.82 Å². The number of aryl methyl sites for hydroxylation is 1. The number of carbonyl (C=O) groups excluding carboxylic acids is 1. The summed E-state index contributed by atoms with van der Waals surface area (Å²) in [5, 5.41) is 10.6. The highest BCUT2D eigenvalue weighted by Gasteiger charge is 2.42. The molecule has 2 unspecified atom stereocenters. The molecule has 1 aliphatic heterocycles. The number of nitrogens with zero attached hydrogens (tertiary/aromatic N) is 6. The van der Waals surface area contributed by atoms with Gasteiger partial charge in [-0.15, -0.1) is 0 Å². The van der Waals surface area contributed by atoms with Gasteiger partial charge in [-0.25, -0.2) is 4.98 Å². The van der Waals surface area contributed by atoms with Crippen molar-refractivity contribution in [1.29, 1.82) is 0 Å². The van der Waals surface area contributed by atoms with Crippen LogP contribution in [-0.2, 0) is 22.3 Å². The van der Waals surface area contributed by atoms with Crippen LogP contribution < -0.4 is 15.5 Å². The molecule has 38 heavy (non-hydrogen) atoms. The topological polar surface area (TPSA) is 110 Å². The highest BCUT2D eigenvalue weighted by molar-refractivity contribution is 6.03. The van der Waals surface area contributed by atoms with Gasteiger partial charge in [0, 0.05) is 44.6 Å². The quantitative estimate of drug-likeness (QED) is 0.451. The summed E-state index contributed by atoms with van der Waals surface area (Å²) in [5.41, 5.74) is 2.01. The average Bonchev–Trinajstić information content (AvgIpc) is 3.55. The van der Waals surface area contributed by atoms with Crippen LogP contribution in [0.25, 0.3) is 0 Å². The number of hydrogen-bond acceptors (Lipinski definition) is 8. The predicted molar refractivity (Wildman–Crippen MR) is 134 cm³/mol. The summed E-state index contributed by atoms with van der Waals surface area (Å²) >= 11 is 0. The van der Waals surface area contributed by atoms with Crippen molar-refractivity contribution in [2.45, 2.75) is 63.5 Å². The van der Waals surface area contributed by atoms with Crippen LogP contribution in [-0.4, -0.2) is 56.9 Å². The van der Waals surface area contributed by atoms with Crippen molar-refractivity contribution < 1.29 is 22.7 Å². The minimum absolute atomic E-state index is 0.0750. The van der Waals surface area contributed by atoms with Crippen molar-refractivity contribution >= 4 is 23.4 Å². The van der Waals surface area contributed by atoms with Crippen molar-refractivity contribution in [1.82, 2.24) is 24.7 Å². The Morgan fingerprint density at radius 1 is 1.26 bits per heavy atom. The number of rotatable bonds is 8. The minimum atomic E-state index is -4.45. The van der Waals surface area contributed by atoms with E-state index in [1.165, 1.54) is 12.3 Å². The Morgan fingerprint density at radius 2 is 2.05 bits per heavy atom. The van der Waals surface area contributed by atoms with E-state index in [1.54, 1.807) is 13.3 Å². The zero-order chi connectivity index (χ0) is 27.2. The van der Waals surface area contributed by atoms with Crippen molar-refractivity contribution in [2.75, 3.05) is 29.7 Å². The van der Waals surface area contributed by atoms with E-state index in [9.17, 15) is 18.0 Å². The lowest BCUT2D eigenvalue weighted by Gasteiger charge is -2.38. The number of likely N-dealkylation sites (N-methyl/N-ethyl adjacent to an activating group) is 1. The smallest absolute Gasteiger partial charge is 0.379 e. The third kappa shape index (κ3) is 4.89. The second kappa shape index (κ2) is 9.86. The number of aromatic nitrogens is 5. The first-order valence-corrected chi connectivity index (χ1v) is 12.4. The second-order valence-corrected chi connectivity index (χ2v) is 9.62. The molecule has 0 spiro atoms. The second-order valence-electron chi connectivity index (χ2n) is 9.62. The van der Waals surface area contributed by atoms with E-state index in [0.717, 1.165) is 23.6 Å². The Bertz CT molecular complexity index is 1320. The molecular formula is C25H29F3N8O2. The molecule has 13 heteroatoms. The Kier molecular flexibility index (Phi) is 6.72. The largest absolute Gasteiger partial charge is 0.433 e. The van der Waals surface area contributed by atoms with Crippen molar-refractivity contribution in [3.05, 3.63) is 53.2 Å². The number of alkyl halides is 3. The maximum atomic E-state index is 12.8. The number of amides is 1. The molecule has 2 N–H and O–H groups in total. The molecular weight excluding hydrogens is 501 g/mol. The number of methoxy groups -OCH3 is 1. The maximum absolute atomic E-state index is 12.8. The third-order valence-electron chi connectivity index (χ3n) is 7.10. The summed E-state index contributed by atoms with van der Waals surface area (Å²) < 4.78 is 45.7. The summed E-state index contributed by atoms with van der Waals surface area (Å²) in [4.78, 5) is 27.3. The fourth-order valence-electron chi connectivity index (χ4n) is 4.94. The molecule has 4 heterocycles. The molecule has 2 aliphatic rings. The Labute approximate surface area is 217 Å². The lowest BCUT2D eigenvalue weighted by molar-refractivity contribution is -0.141. The molecule has 3 aromatic heterocycles. The van der Waals surface area contributed by atoms with Crippen LogP contribution in [0.1, 0.15) is 54.2 Å². The van der Waals surface area contributed by atoms with Crippen LogP contribution in [0.15, 0.2) is 30.7 Å². The van der Waals surface area contributed by atoms with Crippen LogP contribution >= 0.6 is 0 Å². The van der Waals surface area contributed by atoms with Gasteiger partial charge in [-0.3, -0.25) is 14.5 Å². The lowest BCUT2D eigenvalue weighted by Crippen LogP contribution is -2.53. The SMILES string of the molecule is CCC(OC)C1C(=O)Nc2c(C)nc(NCc3cnn([C@@H]4C[C@H]4c4ccc(C(F)(F)F)nc4)c3)nc2N1C. The van der Waals surface area contributed by atoms with Crippen LogP contribution in [0.3, 0.4) is 0 Å². The molecule has 1 fully saturated rings. The number of halogens is 3. The van der Waals surface area contributed by atoms with Gasteiger partial charge in [0.25, 0.3) is 0 Å². The van der Waals surface area contributed by atoms with Crippen molar-refractivity contribution in [3.63, 3.8) is 0 Å². The molecule has 10 nitrogen and oxygen atoms in total. The van der Waals surface area contributed by atoms with E-state index in [1.807, 2.05) is 36.7 Å². The number of ether oxygens (including phenoxy) is 1. The maximum Gasteiger partial charge on any atom is 0.433 e. The van der Waals surface area contributed by atoms with Gasteiger partial charge in [0.2, 0.25) is 11.9 Å². The molecule has 1 amide bonds. The summed E-state index contributed by atoms with van der Waals surface area (Å²) in [5.74, 6) is 0.956. The van der Waals surface area contributed by atoms with E-state index in [0.29, 0.717) is 36.1 Å². The third-order valence-corrected chi connectivity index (χ3v) is 7.10. The summed E-state index contributed by atoms with van der Waals surface area (Å²) in [6.07, 6.45) is 1.68. The van der Waals surface area contributed by atoms with Gasteiger partial charge < -0.3 is 20.3 Å². The van der Waals surface area contributed by atoms with Crippen LogP contribution in [0.5, 0.6) is 0 Å². The number of fused-ring (bicyclic) bond motifs is 1. The number of nitrogens with one attached hydrogen (secondary N) is 2. The van der Waals surface area contributed by atoms with Crippen molar-refractivity contribution in [3.8, 4) is 0 Å². The van der Waals surface area contributed by atoms with Gasteiger partial charge in [-0.1, -0.05) is 13.0 Å². The van der Waals surface area contributed by atoms with Crippen LogP contribution in [0.2, 0.25) is 0 Å². The van der Waals surface area contributed by atoms with Gasteiger partial charge in [-0.2, -0.15) is 23.3 Å².